The topological polar surface area (TPSA) is 21.3 Å². The maximum atomic E-state index is 6.38. The molecule has 0 saturated heterocycles. The second-order valence-corrected chi connectivity index (χ2v) is 15.6. The lowest BCUT2D eigenvalue weighted by molar-refractivity contribution is 0.669. The average molecular weight is 733 g/mol. The quantitative estimate of drug-likeness (QED) is 0.176. The summed E-state index contributed by atoms with van der Waals surface area (Å²) in [4.78, 5) is 2.34. The summed E-state index contributed by atoms with van der Waals surface area (Å²) in [5.74, 6) is 0. The molecule has 0 aliphatic rings. The van der Waals surface area contributed by atoms with Gasteiger partial charge in [-0.15, -0.1) is 11.3 Å². The smallest absolute Gasteiger partial charge is 0.137 e. The molecule has 3 aromatic heterocycles. The molecule has 3 heterocycles. The van der Waals surface area contributed by atoms with Crippen LogP contribution < -0.4 is 4.90 Å². The van der Waals surface area contributed by atoms with Crippen LogP contribution in [0.3, 0.4) is 0 Å². The Bertz CT molecular complexity index is 3360. The molecule has 0 bridgehead atoms. The van der Waals surface area contributed by atoms with E-state index in [1.54, 1.807) is 0 Å². The molecule has 0 atom stereocenters. The number of aromatic nitrogens is 1. The molecule has 0 radical (unpaired) electrons. The fourth-order valence-electron chi connectivity index (χ4n) is 8.76. The highest BCUT2D eigenvalue weighted by Crippen LogP contribution is 2.43. The highest BCUT2D eigenvalue weighted by atomic mass is 32.1. The Kier molecular flexibility index (Phi) is 6.80. The predicted molar refractivity (Wildman–Crippen MR) is 239 cm³/mol. The van der Waals surface area contributed by atoms with Gasteiger partial charge in [-0.2, -0.15) is 0 Å². The third-order valence-corrected chi connectivity index (χ3v) is 12.5. The van der Waals surface area contributed by atoms with Crippen LogP contribution in [-0.2, 0) is 0 Å². The van der Waals surface area contributed by atoms with Crippen molar-refractivity contribution >= 4 is 103 Å². The van der Waals surface area contributed by atoms with Gasteiger partial charge in [0, 0.05) is 75.9 Å². The van der Waals surface area contributed by atoms with Crippen molar-refractivity contribution in [1.82, 2.24) is 4.57 Å². The summed E-state index contributed by atoms with van der Waals surface area (Å²) < 4.78 is 11.4. The first-order valence-corrected chi connectivity index (χ1v) is 19.8. The zero-order valence-corrected chi connectivity index (χ0v) is 31.0. The van der Waals surface area contributed by atoms with Gasteiger partial charge in [0.05, 0.1) is 11.0 Å². The molecule has 0 aliphatic carbocycles. The van der Waals surface area contributed by atoms with Crippen LogP contribution in [0.15, 0.2) is 199 Å². The molecule has 0 fully saturated rings. The SMILES string of the molecule is c1ccc2c(c1)ccc1c3ccccc3n(-c3ccc(-c4ccc(N(c5ccc6c(c5)oc5ccccc56)c5ccc6c(c5)sc5ccccc56)cc4)cc3)c21. The maximum Gasteiger partial charge on any atom is 0.137 e. The van der Waals surface area contributed by atoms with Crippen LogP contribution in [0.5, 0.6) is 0 Å². The number of fused-ring (bicyclic) bond motifs is 11. The van der Waals surface area contributed by atoms with Gasteiger partial charge in [0.1, 0.15) is 11.2 Å². The molecule has 56 heavy (non-hydrogen) atoms. The highest BCUT2D eigenvalue weighted by molar-refractivity contribution is 7.25. The second-order valence-electron chi connectivity index (χ2n) is 14.5. The lowest BCUT2D eigenvalue weighted by atomic mass is 10.0. The van der Waals surface area contributed by atoms with Crippen LogP contribution in [-0.4, -0.2) is 4.57 Å². The zero-order valence-electron chi connectivity index (χ0n) is 30.2. The van der Waals surface area contributed by atoms with Gasteiger partial charge >= 0.3 is 0 Å². The lowest BCUT2D eigenvalue weighted by Crippen LogP contribution is -2.09. The molecule has 12 rings (SSSR count). The summed E-state index contributed by atoms with van der Waals surface area (Å²) >= 11 is 1.84. The number of para-hydroxylation sites is 2. The van der Waals surface area contributed by atoms with Crippen LogP contribution in [0.1, 0.15) is 0 Å². The van der Waals surface area contributed by atoms with Gasteiger partial charge in [-0.1, -0.05) is 121 Å². The summed E-state index contributed by atoms with van der Waals surface area (Å²) in [5.41, 5.74) is 11.0. The third-order valence-electron chi connectivity index (χ3n) is 11.4. The minimum atomic E-state index is 0.879. The second kappa shape index (κ2) is 12.2. The number of thiophene rings is 1. The summed E-state index contributed by atoms with van der Waals surface area (Å²) in [7, 11) is 0. The Balaban J connectivity index is 0.955. The van der Waals surface area contributed by atoms with Crippen molar-refractivity contribution in [2.45, 2.75) is 0 Å². The molecule has 262 valence electrons. The molecule has 0 N–H and O–H groups in total. The number of hydrogen-bond donors (Lipinski definition) is 0. The van der Waals surface area contributed by atoms with Gasteiger partial charge in [0.2, 0.25) is 0 Å². The summed E-state index contributed by atoms with van der Waals surface area (Å²) in [6.45, 7) is 0. The summed E-state index contributed by atoms with van der Waals surface area (Å²) in [6.07, 6.45) is 0. The van der Waals surface area contributed by atoms with Gasteiger partial charge in [-0.3, -0.25) is 0 Å². The number of rotatable bonds is 5. The average Bonchev–Trinajstić information content (AvgIpc) is 3.93. The molecule has 0 spiro atoms. The minimum Gasteiger partial charge on any atom is -0.456 e. The molecular weight excluding hydrogens is 701 g/mol. The zero-order chi connectivity index (χ0) is 36.7. The molecule has 0 unspecified atom stereocenters. The molecule has 0 saturated carbocycles. The molecule has 0 aliphatic heterocycles. The Hall–Kier alpha value is -7.14. The molecule has 4 heteroatoms. The van der Waals surface area contributed by atoms with Crippen LogP contribution in [0, 0.1) is 0 Å². The van der Waals surface area contributed by atoms with E-state index in [1.807, 2.05) is 23.5 Å². The van der Waals surface area contributed by atoms with E-state index < -0.39 is 0 Å². The first-order valence-electron chi connectivity index (χ1n) is 19.0. The number of hydrogen-bond acceptors (Lipinski definition) is 3. The Morgan fingerprint density at radius 1 is 0.393 bits per heavy atom. The van der Waals surface area contributed by atoms with Crippen molar-refractivity contribution in [3.63, 3.8) is 0 Å². The van der Waals surface area contributed by atoms with Crippen molar-refractivity contribution in [3.05, 3.63) is 194 Å². The van der Waals surface area contributed by atoms with Crippen LogP contribution in [0.4, 0.5) is 17.1 Å². The molecular formula is C52H32N2OS. The summed E-state index contributed by atoms with van der Waals surface area (Å²) in [5, 5.41) is 9.89. The van der Waals surface area contributed by atoms with Crippen molar-refractivity contribution in [2.75, 3.05) is 4.90 Å². The van der Waals surface area contributed by atoms with E-state index >= 15 is 0 Å². The van der Waals surface area contributed by atoms with Crippen molar-refractivity contribution in [2.24, 2.45) is 0 Å². The van der Waals surface area contributed by atoms with E-state index in [-0.39, 0.29) is 0 Å². The summed E-state index contributed by atoms with van der Waals surface area (Å²) in [6, 6.07) is 70.2. The van der Waals surface area contributed by atoms with Crippen LogP contribution >= 0.6 is 11.3 Å². The van der Waals surface area contributed by atoms with Crippen LogP contribution in [0.2, 0.25) is 0 Å². The monoisotopic (exact) mass is 732 g/mol. The maximum absolute atomic E-state index is 6.38. The van der Waals surface area contributed by atoms with Gasteiger partial charge in [-0.25, -0.2) is 0 Å². The number of furan rings is 1. The van der Waals surface area contributed by atoms with Crippen molar-refractivity contribution in [1.29, 1.82) is 0 Å². The third kappa shape index (κ3) is 4.76. The Labute approximate surface area is 326 Å². The van der Waals surface area contributed by atoms with Crippen molar-refractivity contribution < 1.29 is 4.42 Å². The lowest BCUT2D eigenvalue weighted by Gasteiger charge is -2.26. The molecule has 3 nitrogen and oxygen atoms in total. The number of nitrogens with zero attached hydrogens (tertiary/aromatic N) is 2. The van der Waals surface area contributed by atoms with E-state index in [9.17, 15) is 0 Å². The molecule has 9 aromatic carbocycles. The normalized spacial score (nSPS) is 11.9. The first kappa shape index (κ1) is 31.2. The predicted octanol–water partition coefficient (Wildman–Crippen LogP) is 15.3. The van der Waals surface area contributed by atoms with Gasteiger partial charge < -0.3 is 13.9 Å². The number of benzene rings is 9. The van der Waals surface area contributed by atoms with E-state index in [1.165, 1.54) is 63.9 Å². The largest absolute Gasteiger partial charge is 0.456 e. The van der Waals surface area contributed by atoms with Gasteiger partial charge in [-0.05, 0) is 83.2 Å². The highest BCUT2D eigenvalue weighted by Gasteiger charge is 2.18. The fourth-order valence-corrected chi connectivity index (χ4v) is 9.90. The van der Waals surface area contributed by atoms with E-state index in [4.69, 9.17) is 4.42 Å². The van der Waals surface area contributed by atoms with E-state index in [0.717, 1.165) is 44.7 Å². The fraction of sp³-hybridized carbons (Fsp3) is 0. The Morgan fingerprint density at radius 2 is 0.982 bits per heavy atom. The van der Waals surface area contributed by atoms with Gasteiger partial charge in [0.15, 0.2) is 0 Å². The van der Waals surface area contributed by atoms with E-state index in [0.29, 0.717) is 0 Å². The van der Waals surface area contributed by atoms with Crippen LogP contribution in [0.25, 0.3) is 91.5 Å². The van der Waals surface area contributed by atoms with Gasteiger partial charge in [0.25, 0.3) is 0 Å². The molecule has 12 aromatic rings. The Morgan fingerprint density at radius 3 is 1.82 bits per heavy atom. The molecule has 0 amide bonds. The number of anilines is 3. The standard InChI is InChI=1S/C52H32N2OS/c1-2-10-40-35(9-1)21-28-46-41-11-3-6-14-47(41)54(52(40)46)37-24-19-34(20-25-37)33-17-22-36(23-18-33)53(38-26-29-43-42-12-4-7-15-48(42)55-49(43)31-38)39-27-30-45-44-13-5-8-16-50(44)56-51(45)32-39/h1-32H. The first-order chi connectivity index (χ1) is 27.7. The van der Waals surface area contributed by atoms with E-state index in [2.05, 4.69) is 191 Å². The minimum absolute atomic E-state index is 0.879. The van der Waals surface area contributed by atoms with Crippen molar-refractivity contribution in [3.8, 4) is 16.8 Å².